The molecule has 6 rings (SSSR count). The summed E-state index contributed by atoms with van der Waals surface area (Å²) in [5.74, 6) is 0. The summed E-state index contributed by atoms with van der Waals surface area (Å²) in [7, 11) is 0. The number of rotatable bonds is 0. The van der Waals surface area contributed by atoms with Gasteiger partial charge in [0.2, 0.25) is 0 Å². The van der Waals surface area contributed by atoms with Gasteiger partial charge in [-0.2, -0.15) is 55.5 Å². The van der Waals surface area contributed by atoms with Gasteiger partial charge >= 0.3 is 30.2 Å². The maximum atomic E-state index is 3.45. The summed E-state index contributed by atoms with van der Waals surface area (Å²) in [6, 6.07) is 14.5. The van der Waals surface area contributed by atoms with Crippen molar-refractivity contribution in [3.8, 4) is 11.1 Å². The van der Waals surface area contributed by atoms with Crippen LogP contribution in [0.25, 0.3) is 11.1 Å². The van der Waals surface area contributed by atoms with Crippen LogP contribution in [0.4, 0.5) is 0 Å². The third-order valence-electron chi connectivity index (χ3n) is 6.31. The van der Waals surface area contributed by atoms with Crippen molar-refractivity contribution in [2.75, 3.05) is 0 Å². The number of halogens is 2. The Hall–Kier alpha value is -0.400. The Labute approximate surface area is 251 Å². The number of aryl methyl sites for hydroxylation is 2. The van der Waals surface area contributed by atoms with Gasteiger partial charge in [0.05, 0.1) is 0 Å². The summed E-state index contributed by atoms with van der Waals surface area (Å²) in [5.41, 5.74) is 8.15. The number of allylic oxidation sites excluding steroid dienone is 4. The number of hydrogen-bond acceptors (Lipinski definition) is 0. The van der Waals surface area contributed by atoms with E-state index in [0.717, 1.165) is 12.8 Å². The van der Waals surface area contributed by atoms with Crippen molar-refractivity contribution < 1.29 is 23.3 Å². The first kappa shape index (κ1) is 35.6. The molecule has 2 fully saturated rings. The van der Waals surface area contributed by atoms with E-state index < -0.39 is 0 Å². The van der Waals surface area contributed by atoms with Gasteiger partial charge < -0.3 is 12.8 Å². The summed E-state index contributed by atoms with van der Waals surface area (Å²) >= 11 is 1.36. The van der Waals surface area contributed by atoms with Crippen LogP contribution < -0.4 is 0 Å². The van der Waals surface area contributed by atoms with Gasteiger partial charge in [0.15, 0.2) is 0 Å². The van der Waals surface area contributed by atoms with Crippen LogP contribution >= 0.6 is 24.8 Å². The minimum absolute atomic E-state index is 0. The van der Waals surface area contributed by atoms with Crippen molar-refractivity contribution in [1.82, 2.24) is 0 Å². The molecule has 0 bridgehead atoms. The van der Waals surface area contributed by atoms with Gasteiger partial charge in [-0.25, -0.2) is 12.2 Å². The van der Waals surface area contributed by atoms with Crippen LogP contribution in [0.3, 0.4) is 0 Å². The first-order chi connectivity index (χ1) is 16.7. The summed E-state index contributed by atoms with van der Waals surface area (Å²) in [5, 5.41) is 0. The molecule has 0 unspecified atom stereocenters. The molecule has 2 radical (unpaired) electrons. The molecule has 0 amide bonds. The van der Waals surface area contributed by atoms with Crippen LogP contribution in [0.2, 0.25) is 0 Å². The second kappa shape index (κ2) is 22.6. The first-order valence-electron chi connectivity index (χ1n) is 13.0. The zero-order chi connectivity index (χ0) is 24.4. The minimum atomic E-state index is 0. The molecule has 0 spiro atoms. The van der Waals surface area contributed by atoms with E-state index in [2.05, 4.69) is 82.1 Å². The fourth-order valence-electron chi connectivity index (χ4n) is 4.51. The number of hydrogen-bond donors (Lipinski definition) is 0. The monoisotopic (exact) mass is 614 g/mol. The Kier molecular flexibility index (Phi) is 22.3. The molecule has 2 aromatic rings. The van der Waals surface area contributed by atoms with Crippen molar-refractivity contribution in [2.45, 2.75) is 90.9 Å². The zero-order valence-electron chi connectivity index (χ0n) is 22.1. The van der Waals surface area contributed by atoms with E-state index in [4.69, 9.17) is 0 Å². The Morgan fingerprint density at radius 1 is 0.778 bits per heavy atom. The predicted octanol–water partition coefficient (Wildman–Crippen LogP) is 9.75. The normalized spacial score (nSPS) is 15.7. The van der Waals surface area contributed by atoms with Crippen molar-refractivity contribution in [1.29, 1.82) is 0 Å². The van der Waals surface area contributed by atoms with Crippen molar-refractivity contribution in [2.24, 2.45) is 0 Å². The van der Waals surface area contributed by atoms with Crippen LogP contribution in [-0.4, -0.2) is 6.88 Å². The molecule has 0 aromatic heterocycles. The molecule has 196 valence electrons. The third-order valence-corrected chi connectivity index (χ3v) is 6.31. The second-order valence-electron chi connectivity index (χ2n) is 9.23. The van der Waals surface area contributed by atoms with Crippen LogP contribution in [-0.2, 0) is 29.8 Å². The predicted molar refractivity (Wildman–Crippen MR) is 160 cm³/mol. The zero-order valence-corrected chi connectivity index (χ0v) is 27.2. The van der Waals surface area contributed by atoms with Crippen LogP contribution in [0, 0.1) is 38.8 Å². The van der Waals surface area contributed by atoms with Gasteiger partial charge in [-0.3, -0.25) is 6.08 Å². The Morgan fingerprint density at radius 3 is 1.78 bits per heavy atom. The fourth-order valence-corrected chi connectivity index (χ4v) is 4.51. The average molecular weight is 617 g/mol. The summed E-state index contributed by atoms with van der Waals surface area (Å²) in [6.07, 6.45) is 30.0. The molecular formula is C32H42Cl2SiZr-4. The Bertz CT molecular complexity index is 805. The molecule has 0 aliphatic heterocycles. The number of fused-ring (bicyclic) bond motifs is 3. The molecule has 2 aromatic carbocycles. The second-order valence-corrected chi connectivity index (χ2v) is 9.23. The van der Waals surface area contributed by atoms with Crippen molar-refractivity contribution in [3.63, 3.8) is 0 Å². The molecule has 2 saturated carbocycles. The summed E-state index contributed by atoms with van der Waals surface area (Å²) in [4.78, 5) is 0. The van der Waals surface area contributed by atoms with E-state index >= 15 is 0 Å². The SMILES string of the molecule is Cc1[c-]c2c(cc1)-c1ccc(C)cc1C2.Cl.Cl.[C-]1=CC=CC1.[CH-]1CCCCC1.[CH-]1CCCCC1.[Si]=[Zr]. The molecule has 0 heterocycles. The molecule has 4 heteroatoms. The third kappa shape index (κ3) is 13.9. The van der Waals surface area contributed by atoms with Crippen LogP contribution in [0.15, 0.2) is 48.6 Å². The van der Waals surface area contributed by atoms with E-state index in [1.807, 2.05) is 12.2 Å². The molecule has 0 atom stereocenters. The Balaban J connectivity index is 0.000000490. The molecule has 0 nitrogen and oxygen atoms in total. The van der Waals surface area contributed by atoms with Gasteiger partial charge in [-0.15, -0.1) is 42.4 Å². The van der Waals surface area contributed by atoms with Gasteiger partial charge in [-0.05, 0) is 18.9 Å². The topological polar surface area (TPSA) is 0 Å². The van der Waals surface area contributed by atoms with Gasteiger partial charge in [0.25, 0.3) is 0 Å². The molecule has 36 heavy (non-hydrogen) atoms. The van der Waals surface area contributed by atoms with Crippen molar-refractivity contribution in [3.05, 3.63) is 95.8 Å². The van der Waals surface area contributed by atoms with E-state index in [0.29, 0.717) is 0 Å². The van der Waals surface area contributed by atoms with E-state index in [-0.39, 0.29) is 24.8 Å². The fraction of sp³-hybridized carbons (Fsp3) is 0.438. The molecule has 4 aliphatic carbocycles. The summed E-state index contributed by atoms with van der Waals surface area (Å²) in [6.45, 7) is 7.32. The van der Waals surface area contributed by atoms with Crippen LogP contribution in [0.5, 0.6) is 0 Å². The van der Waals surface area contributed by atoms with E-state index in [1.165, 1.54) is 121 Å². The van der Waals surface area contributed by atoms with Gasteiger partial charge in [0.1, 0.15) is 0 Å². The van der Waals surface area contributed by atoms with E-state index in [9.17, 15) is 0 Å². The van der Waals surface area contributed by atoms with Crippen molar-refractivity contribution >= 4 is 31.7 Å². The van der Waals surface area contributed by atoms with Crippen LogP contribution in [0.1, 0.15) is 92.9 Å². The quantitative estimate of drug-likeness (QED) is 0.174. The Morgan fingerprint density at radius 2 is 1.36 bits per heavy atom. The molecule has 4 aliphatic rings. The van der Waals surface area contributed by atoms with Gasteiger partial charge in [-0.1, -0.05) is 74.8 Å². The average Bonchev–Trinajstić information content (AvgIpc) is 3.59. The van der Waals surface area contributed by atoms with E-state index in [1.54, 1.807) is 0 Å². The molecule has 0 N–H and O–H groups in total. The molecule has 0 saturated heterocycles. The summed E-state index contributed by atoms with van der Waals surface area (Å²) < 4.78 is 0. The standard InChI is InChI=1S/C15H13.2C6H11.C5H5.2ClH.Si.Zr/c1-10-3-5-14-12(7-10)9-13-8-11(2)4-6-15(13)14;2*1-2-4-6-5-3-1;1-2-4-5-3-1;;;;/h3-7H,9H2,1-2H3;2*1H,2-6H2;1-3H,4H2;2*1H;;/q4*-1;;;;. The number of benzene rings is 2. The first-order valence-corrected chi connectivity index (χ1v) is 17.1. The molecular weight excluding hydrogens is 575 g/mol. The van der Waals surface area contributed by atoms with Gasteiger partial charge in [0, 0.05) is 0 Å². The maximum absolute atomic E-state index is 3.45.